The van der Waals surface area contributed by atoms with Crippen molar-refractivity contribution in [3.8, 4) is 5.75 Å². The lowest BCUT2D eigenvalue weighted by Gasteiger charge is -2.28. The fourth-order valence-electron chi connectivity index (χ4n) is 1.82. The highest BCUT2D eigenvalue weighted by molar-refractivity contribution is 5.97. The molecular formula is C14H18F3NO3. The Morgan fingerprint density at radius 2 is 1.86 bits per heavy atom. The summed E-state index contributed by atoms with van der Waals surface area (Å²) in [5.74, 6) is -1.18. The van der Waals surface area contributed by atoms with Gasteiger partial charge in [-0.15, -0.1) is 13.2 Å². The van der Waals surface area contributed by atoms with E-state index in [0.29, 0.717) is 0 Å². The molecule has 0 aliphatic heterocycles. The number of para-hydroxylation sites is 1. The third-order valence-corrected chi connectivity index (χ3v) is 2.59. The molecule has 0 bridgehead atoms. The Morgan fingerprint density at radius 3 is 2.33 bits per heavy atom. The fourth-order valence-corrected chi connectivity index (χ4v) is 1.82. The Labute approximate surface area is 121 Å². The lowest BCUT2D eigenvalue weighted by molar-refractivity contribution is -0.274. The summed E-state index contributed by atoms with van der Waals surface area (Å²) in [4.78, 5) is 13.6. The topological polar surface area (TPSA) is 49.8 Å². The van der Waals surface area contributed by atoms with Crippen molar-refractivity contribution >= 4 is 5.91 Å². The van der Waals surface area contributed by atoms with Gasteiger partial charge in [0.1, 0.15) is 5.75 Å². The van der Waals surface area contributed by atoms with Crippen molar-refractivity contribution in [1.29, 1.82) is 0 Å². The molecule has 0 heterocycles. The average molecular weight is 305 g/mol. The molecule has 7 heteroatoms. The predicted octanol–water partition coefficient (Wildman–Crippen LogP) is 2.82. The Balaban J connectivity index is 3.06. The number of hydrogen-bond acceptors (Lipinski definition) is 3. The van der Waals surface area contributed by atoms with Crippen LogP contribution in [0.4, 0.5) is 13.2 Å². The molecule has 1 rings (SSSR count). The van der Waals surface area contributed by atoms with Gasteiger partial charge in [-0.1, -0.05) is 12.1 Å². The Hall–Kier alpha value is -1.76. The molecule has 0 aliphatic rings. The summed E-state index contributed by atoms with van der Waals surface area (Å²) in [7, 11) is 0. The normalized spacial score (nSPS) is 12.1. The Kier molecular flexibility index (Phi) is 5.22. The van der Waals surface area contributed by atoms with Crippen LogP contribution in [0, 0.1) is 0 Å². The molecule has 0 aromatic heterocycles. The number of carbonyl (C=O) groups is 1. The van der Waals surface area contributed by atoms with Crippen LogP contribution in [0.25, 0.3) is 0 Å². The first kappa shape index (κ1) is 17.3. The molecule has 0 spiro atoms. The fraction of sp³-hybridized carbons (Fsp3) is 0.500. The van der Waals surface area contributed by atoms with E-state index in [4.69, 9.17) is 0 Å². The maximum absolute atomic E-state index is 12.4. The van der Waals surface area contributed by atoms with E-state index in [9.17, 15) is 23.1 Å². The van der Waals surface area contributed by atoms with E-state index < -0.39 is 23.6 Å². The van der Waals surface area contributed by atoms with Crippen LogP contribution in [-0.4, -0.2) is 41.0 Å². The highest BCUT2D eigenvalue weighted by Gasteiger charge is 2.33. The maximum atomic E-state index is 12.4. The zero-order valence-electron chi connectivity index (χ0n) is 12.1. The van der Waals surface area contributed by atoms with Crippen LogP contribution in [0.3, 0.4) is 0 Å². The largest absolute Gasteiger partial charge is 0.573 e. The van der Waals surface area contributed by atoms with Crippen LogP contribution in [0.2, 0.25) is 0 Å². The summed E-state index contributed by atoms with van der Waals surface area (Å²) >= 11 is 0. The number of benzene rings is 1. The first-order valence-corrected chi connectivity index (χ1v) is 6.40. The summed E-state index contributed by atoms with van der Waals surface area (Å²) < 4.78 is 40.9. The van der Waals surface area contributed by atoms with Gasteiger partial charge in [-0.2, -0.15) is 0 Å². The lowest BCUT2D eigenvalue weighted by atomic mass is 10.1. The Morgan fingerprint density at radius 1 is 1.29 bits per heavy atom. The third kappa shape index (κ3) is 5.63. The van der Waals surface area contributed by atoms with Gasteiger partial charge in [0.25, 0.3) is 5.91 Å². The molecular weight excluding hydrogens is 287 g/mol. The van der Waals surface area contributed by atoms with Crippen molar-refractivity contribution in [2.75, 3.05) is 13.1 Å². The number of rotatable bonds is 5. The molecule has 0 saturated heterocycles. The Bertz CT molecular complexity index is 495. The van der Waals surface area contributed by atoms with E-state index in [2.05, 4.69) is 4.74 Å². The molecule has 1 amide bonds. The summed E-state index contributed by atoms with van der Waals surface area (Å²) in [5, 5.41) is 9.77. The molecule has 0 unspecified atom stereocenters. The minimum absolute atomic E-state index is 0.00266. The molecule has 1 N–H and O–H groups in total. The highest BCUT2D eigenvalue weighted by atomic mass is 19.4. The number of aliphatic hydroxyl groups is 1. The van der Waals surface area contributed by atoms with E-state index in [1.165, 1.54) is 36.9 Å². The van der Waals surface area contributed by atoms with Crippen LogP contribution < -0.4 is 4.74 Å². The van der Waals surface area contributed by atoms with Crippen molar-refractivity contribution in [2.45, 2.75) is 32.7 Å². The minimum Gasteiger partial charge on any atom is -0.405 e. The summed E-state index contributed by atoms with van der Waals surface area (Å²) in [6, 6.07) is 5.15. The maximum Gasteiger partial charge on any atom is 0.573 e. The molecule has 118 valence electrons. The van der Waals surface area contributed by atoms with Crippen molar-refractivity contribution < 1.29 is 27.8 Å². The molecule has 4 nitrogen and oxygen atoms in total. The van der Waals surface area contributed by atoms with Gasteiger partial charge in [0.2, 0.25) is 0 Å². The monoisotopic (exact) mass is 305 g/mol. The quantitative estimate of drug-likeness (QED) is 0.910. The number of carbonyl (C=O) groups excluding carboxylic acids is 1. The van der Waals surface area contributed by atoms with Crippen LogP contribution in [0.5, 0.6) is 5.75 Å². The summed E-state index contributed by atoms with van der Waals surface area (Å²) in [6.07, 6.45) is -4.87. The first-order chi connectivity index (χ1) is 9.53. The molecule has 0 radical (unpaired) electrons. The van der Waals surface area contributed by atoms with E-state index >= 15 is 0 Å². The van der Waals surface area contributed by atoms with Gasteiger partial charge in [-0.3, -0.25) is 4.79 Å². The van der Waals surface area contributed by atoms with Crippen molar-refractivity contribution in [3.63, 3.8) is 0 Å². The van der Waals surface area contributed by atoms with Gasteiger partial charge in [0.05, 0.1) is 11.2 Å². The second-order valence-corrected chi connectivity index (χ2v) is 5.18. The molecule has 1 aromatic rings. The summed E-state index contributed by atoms with van der Waals surface area (Å²) in [5.41, 5.74) is -1.34. The number of hydrogen-bond donors (Lipinski definition) is 1. The molecule has 1 aromatic carbocycles. The smallest absolute Gasteiger partial charge is 0.405 e. The molecule has 0 aliphatic carbocycles. The highest BCUT2D eigenvalue weighted by Crippen LogP contribution is 2.27. The third-order valence-electron chi connectivity index (χ3n) is 2.59. The minimum atomic E-state index is -4.87. The van der Waals surface area contributed by atoms with Gasteiger partial charge in [-0.25, -0.2) is 0 Å². The second-order valence-electron chi connectivity index (χ2n) is 5.18. The SMILES string of the molecule is CCN(CC(C)(C)O)C(=O)c1ccccc1OC(F)(F)F. The van der Waals surface area contributed by atoms with Crippen LogP contribution in [0.1, 0.15) is 31.1 Å². The predicted molar refractivity (Wildman–Crippen MR) is 71.0 cm³/mol. The van der Waals surface area contributed by atoms with Gasteiger partial charge in [0.15, 0.2) is 0 Å². The number of alkyl halides is 3. The van der Waals surface area contributed by atoms with Gasteiger partial charge in [-0.05, 0) is 32.9 Å². The van der Waals surface area contributed by atoms with Crippen molar-refractivity contribution in [1.82, 2.24) is 4.90 Å². The zero-order chi connectivity index (χ0) is 16.3. The molecule has 0 fully saturated rings. The first-order valence-electron chi connectivity index (χ1n) is 6.40. The van der Waals surface area contributed by atoms with E-state index in [1.54, 1.807) is 6.92 Å². The average Bonchev–Trinajstić information content (AvgIpc) is 2.33. The van der Waals surface area contributed by atoms with Crippen molar-refractivity contribution in [2.24, 2.45) is 0 Å². The molecule has 0 atom stereocenters. The van der Waals surface area contributed by atoms with Gasteiger partial charge < -0.3 is 14.7 Å². The molecule has 21 heavy (non-hydrogen) atoms. The number of ether oxygens (including phenoxy) is 1. The van der Waals surface area contributed by atoms with Crippen LogP contribution in [-0.2, 0) is 0 Å². The van der Waals surface area contributed by atoms with Gasteiger partial charge >= 0.3 is 6.36 Å². The van der Waals surface area contributed by atoms with Gasteiger partial charge in [0, 0.05) is 13.1 Å². The van der Waals surface area contributed by atoms with E-state index in [1.807, 2.05) is 0 Å². The molecule has 0 saturated carbocycles. The lowest BCUT2D eigenvalue weighted by Crippen LogP contribution is -2.42. The standard InChI is InChI=1S/C14H18F3NO3/c1-4-18(9-13(2,3)20)12(19)10-7-5-6-8-11(10)21-14(15,16)17/h5-8,20H,4,9H2,1-3H3. The second kappa shape index (κ2) is 6.34. The van der Waals surface area contributed by atoms with Crippen LogP contribution >= 0.6 is 0 Å². The van der Waals surface area contributed by atoms with Crippen LogP contribution in [0.15, 0.2) is 24.3 Å². The number of nitrogens with zero attached hydrogens (tertiary/aromatic N) is 1. The zero-order valence-corrected chi connectivity index (χ0v) is 12.1. The number of amides is 1. The number of halogens is 3. The summed E-state index contributed by atoms with van der Waals surface area (Å²) in [6.45, 7) is 4.96. The van der Waals surface area contributed by atoms with E-state index in [-0.39, 0.29) is 18.7 Å². The van der Waals surface area contributed by atoms with E-state index in [0.717, 1.165) is 6.07 Å². The number of likely N-dealkylation sites (N-methyl/N-ethyl adjacent to an activating group) is 1. The van der Waals surface area contributed by atoms with Crippen molar-refractivity contribution in [3.05, 3.63) is 29.8 Å².